The number of nitrogens with two attached hydrogens (primary N) is 1. The van der Waals surface area contributed by atoms with Crippen LogP contribution in [0.5, 0.6) is 0 Å². The smallest absolute Gasteiger partial charge is 0.231 e. The van der Waals surface area contributed by atoms with Crippen molar-refractivity contribution in [3.63, 3.8) is 0 Å². The lowest BCUT2D eigenvalue weighted by molar-refractivity contribution is -0.128. The van der Waals surface area contributed by atoms with Crippen LogP contribution < -0.4 is 11.1 Å². The van der Waals surface area contributed by atoms with Gasteiger partial charge in [0.05, 0.1) is 17.7 Å². The molecule has 2 aliphatic rings. The number of hydrogen-bond acceptors (Lipinski definition) is 6. The van der Waals surface area contributed by atoms with Gasteiger partial charge >= 0.3 is 0 Å². The van der Waals surface area contributed by atoms with Gasteiger partial charge in [-0.3, -0.25) is 15.1 Å². The first-order valence-electron chi connectivity index (χ1n) is 9.49. The van der Waals surface area contributed by atoms with Crippen LogP contribution in [0.1, 0.15) is 42.9 Å². The number of thiophene rings is 1. The van der Waals surface area contributed by atoms with E-state index >= 15 is 0 Å². The van der Waals surface area contributed by atoms with E-state index in [0.29, 0.717) is 11.6 Å². The second-order valence-electron chi connectivity index (χ2n) is 7.85. The number of hydrogen-bond donors (Lipinski definition) is 3. The summed E-state index contributed by atoms with van der Waals surface area (Å²) in [7, 11) is 1.65. The molecule has 1 aliphatic carbocycles. The fraction of sp³-hybridized carbons (Fsp3) is 0.381. The average Bonchev–Trinajstić information content (AvgIpc) is 3.34. The van der Waals surface area contributed by atoms with Crippen molar-refractivity contribution >= 4 is 34.6 Å². The molecule has 146 valence electrons. The van der Waals surface area contributed by atoms with Gasteiger partial charge in [-0.15, -0.1) is 0 Å². The van der Waals surface area contributed by atoms with Crippen LogP contribution >= 0.6 is 11.3 Å². The molecule has 1 aliphatic heterocycles. The third kappa shape index (κ3) is 3.54. The molecule has 0 unspecified atom stereocenters. The Morgan fingerprint density at radius 1 is 1.43 bits per heavy atom. The zero-order valence-corrected chi connectivity index (χ0v) is 17.0. The van der Waals surface area contributed by atoms with Crippen LogP contribution in [0.4, 0.5) is 5.69 Å². The molecule has 2 heterocycles. The minimum Gasteiger partial charge on any atom is -0.384 e. The third-order valence-electron chi connectivity index (χ3n) is 5.57. The van der Waals surface area contributed by atoms with E-state index < -0.39 is 5.54 Å². The summed E-state index contributed by atoms with van der Waals surface area (Å²) in [6, 6.07) is 7.93. The van der Waals surface area contributed by atoms with E-state index in [4.69, 9.17) is 11.1 Å². The highest BCUT2D eigenvalue weighted by Gasteiger charge is 2.36. The monoisotopic (exact) mass is 395 g/mol. The first-order chi connectivity index (χ1) is 13.4. The fourth-order valence-electron chi connectivity index (χ4n) is 3.46. The number of nitrogens with zero attached hydrogens (tertiary/aromatic N) is 2. The van der Waals surface area contributed by atoms with E-state index in [1.54, 1.807) is 18.4 Å². The summed E-state index contributed by atoms with van der Waals surface area (Å²) in [5.41, 5.74) is 9.39. The van der Waals surface area contributed by atoms with Gasteiger partial charge in [-0.1, -0.05) is 12.1 Å². The first kappa shape index (κ1) is 18.7. The van der Waals surface area contributed by atoms with Crippen molar-refractivity contribution in [1.82, 2.24) is 4.90 Å². The summed E-state index contributed by atoms with van der Waals surface area (Å²) in [6.07, 6.45) is 2.78. The van der Waals surface area contributed by atoms with E-state index in [0.717, 1.165) is 28.9 Å². The Labute approximate surface area is 169 Å². The van der Waals surface area contributed by atoms with Gasteiger partial charge in [0.15, 0.2) is 5.96 Å². The predicted molar refractivity (Wildman–Crippen MR) is 114 cm³/mol. The number of guanidine groups is 1. The predicted octanol–water partition coefficient (Wildman–Crippen LogP) is 3.38. The normalized spacial score (nSPS) is 22.1. The maximum absolute atomic E-state index is 12.3. The molecule has 0 bridgehead atoms. The molecular formula is C21H25N5OS. The number of aliphatic imine (C=N–C) groups is 1. The largest absolute Gasteiger partial charge is 0.384 e. The standard InChI is InChI=1S/C21H25N5OS/c1-21(10-18(27)26(2)20(23)25-21)15-5-6-16(19(22)14-7-8-28-12-14)17(9-15)24-11-13-3-4-13/h5-9,12-13,22,24H,3-4,10-11H2,1-2H3,(H2,23,25)/t21-/m0/s1. The number of benzene rings is 1. The molecule has 4 rings (SSSR count). The molecule has 1 aromatic heterocycles. The molecule has 1 atom stereocenters. The molecule has 0 radical (unpaired) electrons. The van der Waals surface area contributed by atoms with Crippen LogP contribution in [0.2, 0.25) is 0 Å². The van der Waals surface area contributed by atoms with Crippen molar-refractivity contribution in [1.29, 1.82) is 5.41 Å². The van der Waals surface area contributed by atoms with E-state index in [9.17, 15) is 4.79 Å². The van der Waals surface area contributed by atoms with Crippen molar-refractivity contribution in [2.75, 3.05) is 18.9 Å². The number of carbonyl (C=O) groups excluding carboxylic acids is 1. The van der Waals surface area contributed by atoms with Gasteiger partial charge < -0.3 is 11.1 Å². The van der Waals surface area contributed by atoms with Crippen LogP contribution in [-0.4, -0.2) is 36.1 Å². The van der Waals surface area contributed by atoms with Crippen LogP contribution in [0.15, 0.2) is 40.0 Å². The van der Waals surface area contributed by atoms with Gasteiger partial charge in [0.2, 0.25) is 5.91 Å². The maximum Gasteiger partial charge on any atom is 0.231 e. The Morgan fingerprint density at radius 3 is 2.86 bits per heavy atom. The fourth-order valence-corrected chi connectivity index (χ4v) is 4.10. The second kappa shape index (κ2) is 7.05. The van der Waals surface area contributed by atoms with Crippen LogP contribution in [0.25, 0.3) is 0 Å². The molecule has 1 fully saturated rings. The Bertz CT molecular complexity index is 948. The number of amides is 1. The summed E-state index contributed by atoms with van der Waals surface area (Å²) < 4.78 is 0. The Balaban J connectivity index is 1.72. The van der Waals surface area contributed by atoms with Crippen molar-refractivity contribution in [2.45, 2.75) is 31.7 Å². The van der Waals surface area contributed by atoms with Crippen LogP contribution in [-0.2, 0) is 10.3 Å². The van der Waals surface area contributed by atoms with Gasteiger partial charge in [-0.25, -0.2) is 4.99 Å². The Morgan fingerprint density at radius 2 is 2.21 bits per heavy atom. The molecule has 1 aromatic carbocycles. The molecule has 4 N–H and O–H groups in total. The second-order valence-corrected chi connectivity index (χ2v) is 8.63. The quantitative estimate of drug-likeness (QED) is 0.655. The molecule has 0 spiro atoms. The molecule has 7 heteroatoms. The van der Waals surface area contributed by atoms with Crippen molar-refractivity contribution in [2.24, 2.45) is 16.6 Å². The Kier molecular flexibility index (Phi) is 4.71. The first-order valence-corrected chi connectivity index (χ1v) is 10.4. The lowest BCUT2D eigenvalue weighted by atomic mass is 9.86. The molecule has 1 saturated carbocycles. The van der Waals surface area contributed by atoms with E-state index in [1.807, 2.05) is 41.9 Å². The zero-order valence-electron chi connectivity index (χ0n) is 16.2. The van der Waals surface area contributed by atoms with Crippen molar-refractivity contribution in [3.05, 3.63) is 51.7 Å². The van der Waals surface area contributed by atoms with E-state index in [-0.39, 0.29) is 18.3 Å². The molecule has 1 amide bonds. The number of nitrogens with one attached hydrogen (secondary N) is 2. The number of rotatable bonds is 6. The number of carbonyl (C=O) groups is 1. The minimum atomic E-state index is -0.702. The molecule has 6 nitrogen and oxygen atoms in total. The van der Waals surface area contributed by atoms with Gasteiger partial charge in [-0.05, 0) is 48.8 Å². The van der Waals surface area contributed by atoms with Gasteiger partial charge in [-0.2, -0.15) is 11.3 Å². The molecule has 2 aromatic rings. The molecule has 28 heavy (non-hydrogen) atoms. The summed E-state index contributed by atoms with van der Waals surface area (Å²) in [5, 5.41) is 16.1. The topological polar surface area (TPSA) is 94.6 Å². The highest BCUT2D eigenvalue weighted by Crippen LogP contribution is 2.36. The summed E-state index contributed by atoms with van der Waals surface area (Å²) in [4.78, 5) is 18.4. The average molecular weight is 396 g/mol. The Hall–Kier alpha value is -2.67. The zero-order chi connectivity index (χ0) is 19.9. The highest BCUT2D eigenvalue weighted by molar-refractivity contribution is 7.08. The maximum atomic E-state index is 12.3. The molecule has 0 saturated heterocycles. The van der Waals surface area contributed by atoms with Crippen molar-refractivity contribution < 1.29 is 4.79 Å². The van der Waals surface area contributed by atoms with Gasteiger partial charge in [0.1, 0.15) is 0 Å². The van der Waals surface area contributed by atoms with E-state index in [1.165, 1.54) is 17.7 Å². The lowest BCUT2D eigenvalue weighted by Gasteiger charge is -2.34. The van der Waals surface area contributed by atoms with Gasteiger partial charge in [0.25, 0.3) is 0 Å². The highest BCUT2D eigenvalue weighted by atomic mass is 32.1. The number of anilines is 1. The molecular weight excluding hydrogens is 370 g/mol. The van der Waals surface area contributed by atoms with Crippen LogP contribution in [0, 0.1) is 11.3 Å². The third-order valence-corrected chi connectivity index (χ3v) is 6.26. The van der Waals surface area contributed by atoms with Crippen molar-refractivity contribution in [3.8, 4) is 0 Å². The summed E-state index contributed by atoms with van der Waals surface area (Å²) >= 11 is 1.59. The summed E-state index contributed by atoms with van der Waals surface area (Å²) in [6.45, 7) is 2.84. The SMILES string of the molecule is CN1C(=O)C[C@@](C)(c2ccc(C(=N)c3ccsc3)c(NCC3CC3)c2)N=C1N. The van der Waals surface area contributed by atoms with Crippen LogP contribution in [0.3, 0.4) is 0 Å². The minimum absolute atomic E-state index is 0.0439. The summed E-state index contributed by atoms with van der Waals surface area (Å²) in [5.74, 6) is 0.903. The van der Waals surface area contributed by atoms with Gasteiger partial charge in [0, 0.05) is 35.8 Å². The lowest BCUT2D eigenvalue weighted by Crippen LogP contribution is -2.47. The van der Waals surface area contributed by atoms with E-state index in [2.05, 4.69) is 10.3 Å².